The molecule has 0 aliphatic carbocycles. The van der Waals surface area contributed by atoms with Crippen molar-refractivity contribution in [3.05, 3.63) is 35.9 Å². The van der Waals surface area contributed by atoms with E-state index in [1.807, 2.05) is 0 Å². The van der Waals surface area contributed by atoms with E-state index in [0.29, 0.717) is 18.4 Å². The maximum absolute atomic E-state index is 11.9. The van der Waals surface area contributed by atoms with Crippen LogP contribution < -0.4 is 10.6 Å². The van der Waals surface area contributed by atoms with E-state index in [-0.39, 0.29) is 5.91 Å². The van der Waals surface area contributed by atoms with E-state index in [0.717, 1.165) is 0 Å². The molecule has 3 N–H and O–H groups in total. The number of nitrogens with one attached hydrogen (secondary N) is 2. The lowest BCUT2D eigenvalue weighted by Crippen LogP contribution is -2.44. The Morgan fingerprint density at radius 2 is 2.00 bits per heavy atom. The van der Waals surface area contributed by atoms with Crippen molar-refractivity contribution in [2.24, 2.45) is 0 Å². The van der Waals surface area contributed by atoms with Gasteiger partial charge in [0.1, 0.15) is 6.04 Å². The molecule has 0 aromatic heterocycles. The van der Waals surface area contributed by atoms with Gasteiger partial charge >= 0.3 is 5.97 Å². The lowest BCUT2D eigenvalue weighted by molar-refractivity contribution is -0.142. The highest BCUT2D eigenvalue weighted by Crippen LogP contribution is 2.14. The lowest BCUT2D eigenvalue weighted by Gasteiger charge is -2.17. The first-order chi connectivity index (χ1) is 9.08. The van der Waals surface area contributed by atoms with Gasteiger partial charge in [-0.05, 0) is 12.0 Å². The van der Waals surface area contributed by atoms with E-state index in [4.69, 9.17) is 5.11 Å². The number of carbonyl (C=O) groups is 3. The second kappa shape index (κ2) is 5.51. The number of hydrogen-bond donors (Lipinski definition) is 3. The van der Waals surface area contributed by atoms with E-state index in [9.17, 15) is 14.4 Å². The van der Waals surface area contributed by atoms with E-state index < -0.39 is 24.0 Å². The van der Waals surface area contributed by atoms with Crippen molar-refractivity contribution in [3.63, 3.8) is 0 Å². The van der Waals surface area contributed by atoms with Crippen LogP contribution in [-0.2, 0) is 14.4 Å². The average Bonchev–Trinajstić information content (AvgIpc) is 2.83. The monoisotopic (exact) mass is 262 g/mol. The quantitative estimate of drug-likeness (QED) is 0.722. The zero-order chi connectivity index (χ0) is 13.8. The molecule has 1 aliphatic heterocycles. The van der Waals surface area contributed by atoms with Gasteiger partial charge in [0.05, 0.1) is 0 Å². The topological polar surface area (TPSA) is 95.5 Å². The zero-order valence-electron chi connectivity index (χ0n) is 10.1. The second-order valence-electron chi connectivity index (χ2n) is 4.35. The summed E-state index contributed by atoms with van der Waals surface area (Å²) in [5.41, 5.74) is 0.493. The summed E-state index contributed by atoms with van der Waals surface area (Å²) in [6.45, 7) is 0. The molecule has 1 aliphatic rings. The summed E-state index contributed by atoms with van der Waals surface area (Å²) in [4.78, 5) is 34.1. The number of carbonyl (C=O) groups excluding carboxylic acids is 2. The standard InChI is InChI=1S/C13H14N2O4/c16-10-7-6-9(14-10)12(17)15-11(13(18)19)8-4-2-1-3-5-8/h1-5,9,11H,6-7H2,(H,14,16)(H,15,17)(H,18,19)/t9-,11-/m1/s1. The van der Waals surface area contributed by atoms with Gasteiger partial charge in [-0.1, -0.05) is 30.3 Å². The van der Waals surface area contributed by atoms with Crippen LogP contribution in [0.5, 0.6) is 0 Å². The maximum Gasteiger partial charge on any atom is 0.330 e. The number of carboxylic acids is 1. The first kappa shape index (κ1) is 13.1. The molecule has 1 heterocycles. The van der Waals surface area contributed by atoms with Crippen LogP contribution in [0, 0.1) is 0 Å². The van der Waals surface area contributed by atoms with E-state index in [1.165, 1.54) is 0 Å². The number of aliphatic carboxylic acids is 1. The van der Waals surface area contributed by atoms with Crippen LogP contribution in [0.1, 0.15) is 24.4 Å². The van der Waals surface area contributed by atoms with Crippen LogP contribution >= 0.6 is 0 Å². The first-order valence-corrected chi connectivity index (χ1v) is 5.95. The smallest absolute Gasteiger partial charge is 0.330 e. The minimum Gasteiger partial charge on any atom is -0.479 e. The number of amides is 2. The zero-order valence-corrected chi connectivity index (χ0v) is 10.1. The average molecular weight is 262 g/mol. The predicted molar refractivity (Wildman–Crippen MR) is 66.1 cm³/mol. The first-order valence-electron chi connectivity index (χ1n) is 5.95. The molecule has 2 atom stereocenters. The van der Waals surface area contributed by atoms with Crippen molar-refractivity contribution in [2.45, 2.75) is 24.9 Å². The van der Waals surface area contributed by atoms with Crippen molar-refractivity contribution in [1.82, 2.24) is 10.6 Å². The molecule has 0 spiro atoms. The summed E-state index contributed by atoms with van der Waals surface area (Å²) >= 11 is 0. The van der Waals surface area contributed by atoms with Gasteiger partial charge in [0.25, 0.3) is 0 Å². The van der Waals surface area contributed by atoms with Crippen LogP contribution in [0.2, 0.25) is 0 Å². The fraction of sp³-hybridized carbons (Fsp3) is 0.308. The van der Waals surface area contributed by atoms with Crippen LogP contribution in [0.4, 0.5) is 0 Å². The fourth-order valence-electron chi connectivity index (χ4n) is 1.99. The van der Waals surface area contributed by atoms with Crippen LogP contribution in [0.3, 0.4) is 0 Å². The molecule has 6 nitrogen and oxygen atoms in total. The normalized spacial score (nSPS) is 19.6. The Balaban J connectivity index is 2.07. The van der Waals surface area contributed by atoms with Gasteiger partial charge in [-0.2, -0.15) is 0 Å². The number of carboxylic acid groups (broad SMARTS) is 1. The molecule has 0 bridgehead atoms. The maximum atomic E-state index is 11.9. The van der Waals surface area contributed by atoms with Gasteiger partial charge in [-0.15, -0.1) is 0 Å². The molecule has 0 unspecified atom stereocenters. The van der Waals surface area contributed by atoms with Crippen molar-refractivity contribution >= 4 is 17.8 Å². The molecule has 6 heteroatoms. The molecule has 2 rings (SSSR count). The van der Waals surface area contributed by atoms with Crippen LogP contribution in [0.15, 0.2) is 30.3 Å². The minimum absolute atomic E-state index is 0.188. The number of hydrogen-bond acceptors (Lipinski definition) is 3. The molecule has 0 saturated carbocycles. The van der Waals surface area contributed by atoms with E-state index in [2.05, 4.69) is 10.6 Å². The van der Waals surface area contributed by atoms with Crippen molar-refractivity contribution in [1.29, 1.82) is 0 Å². The van der Waals surface area contributed by atoms with Gasteiger partial charge in [0, 0.05) is 6.42 Å². The van der Waals surface area contributed by atoms with Gasteiger partial charge in [-0.25, -0.2) is 4.79 Å². The van der Waals surface area contributed by atoms with Gasteiger partial charge in [-0.3, -0.25) is 9.59 Å². The highest BCUT2D eigenvalue weighted by atomic mass is 16.4. The molecule has 1 aromatic rings. The predicted octanol–water partition coefficient (Wildman–Crippen LogP) is 0.207. The summed E-state index contributed by atoms with van der Waals surface area (Å²) < 4.78 is 0. The summed E-state index contributed by atoms with van der Waals surface area (Å²) in [7, 11) is 0. The molecule has 1 aromatic carbocycles. The van der Waals surface area contributed by atoms with Gasteiger partial charge in [0.15, 0.2) is 6.04 Å². The molecule has 2 amide bonds. The van der Waals surface area contributed by atoms with E-state index >= 15 is 0 Å². The number of benzene rings is 1. The Labute approximate surface area is 109 Å². The van der Waals surface area contributed by atoms with Crippen LogP contribution in [-0.4, -0.2) is 28.9 Å². The Hall–Kier alpha value is -2.37. The molecular weight excluding hydrogens is 248 g/mol. The summed E-state index contributed by atoms with van der Waals surface area (Å²) in [6.07, 6.45) is 0.687. The fourth-order valence-corrected chi connectivity index (χ4v) is 1.99. The molecule has 19 heavy (non-hydrogen) atoms. The Bertz CT molecular complexity index is 501. The minimum atomic E-state index is -1.14. The summed E-state index contributed by atoms with van der Waals surface area (Å²) in [5.74, 6) is -1.79. The Kier molecular flexibility index (Phi) is 3.79. The van der Waals surface area contributed by atoms with Crippen molar-refractivity contribution in [2.75, 3.05) is 0 Å². The third-order valence-corrected chi connectivity index (χ3v) is 2.98. The molecule has 100 valence electrons. The van der Waals surface area contributed by atoms with Gasteiger partial charge < -0.3 is 15.7 Å². The largest absolute Gasteiger partial charge is 0.479 e. The lowest BCUT2D eigenvalue weighted by atomic mass is 10.1. The molecular formula is C13H14N2O4. The third kappa shape index (κ3) is 3.09. The van der Waals surface area contributed by atoms with E-state index in [1.54, 1.807) is 30.3 Å². The summed E-state index contributed by atoms with van der Waals surface area (Å²) in [6, 6.07) is 6.69. The van der Waals surface area contributed by atoms with Crippen molar-refractivity contribution in [3.8, 4) is 0 Å². The second-order valence-corrected chi connectivity index (χ2v) is 4.35. The number of rotatable bonds is 4. The highest BCUT2D eigenvalue weighted by molar-refractivity contribution is 5.93. The Morgan fingerprint density at radius 1 is 1.32 bits per heavy atom. The van der Waals surface area contributed by atoms with Gasteiger partial charge in [0.2, 0.25) is 11.8 Å². The molecule has 1 saturated heterocycles. The van der Waals surface area contributed by atoms with Crippen LogP contribution in [0.25, 0.3) is 0 Å². The van der Waals surface area contributed by atoms with Crippen molar-refractivity contribution < 1.29 is 19.5 Å². The third-order valence-electron chi connectivity index (χ3n) is 2.98. The molecule has 0 radical (unpaired) electrons. The molecule has 1 fully saturated rings. The highest BCUT2D eigenvalue weighted by Gasteiger charge is 2.30. The Morgan fingerprint density at radius 3 is 2.53 bits per heavy atom. The summed E-state index contributed by atoms with van der Waals surface area (Å²) in [5, 5.41) is 14.1. The SMILES string of the molecule is O=C1CC[C@H](C(=O)N[C@@H](C(=O)O)c2ccccc2)N1.